The van der Waals surface area contributed by atoms with Crippen molar-refractivity contribution in [3.8, 4) is 5.75 Å². The molecule has 1 aromatic heterocycles. The molecule has 2 aromatic rings. The summed E-state index contributed by atoms with van der Waals surface area (Å²) in [6.07, 6.45) is -4.52. The zero-order valence-electron chi connectivity index (χ0n) is 13.8. The molecular weight excluding hydrogens is 339 g/mol. The fourth-order valence-electron chi connectivity index (χ4n) is 2.25. The minimum absolute atomic E-state index is 0.0238. The van der Waals surface area contributed by atoms with Gasteiger partial charge in [0.1, 0.15) is 5.75 Å². The molecule has 1 N–H and O–H groups in total. The van der Waals surface area contributed by atoms with Gasteiger partial charge in [-0.15, -0.1) is 0 Å². The third-order valence-corrected chi connectivity index (χ3v) is 3.47. The summed E-state index contributed by atoms with van der Waals surface area (Å²) >= 11 is 0. The molecule has 0 atom stereocenters. The lowest BCUT2D eigenvalue weighted by molar-refractivity contribution is -0.153. The number of nitrogens with one attached hydrogen (secondary N) is 1. The third kappa shape index (κ3) is 4.37. The lowest BCUT2D eigenvalue weighted by atomic mass is 10.1. The van der Waals surface area contributed by atoms with E-state index in [9.17, 15) is 22.8 Å². The number of amides is 1. The number of Topliss-reactive ketones (excluding diaryl/α,β-unsaturated/α-hetero) is 1. The lowest BCUT2D eigenvalue weighted by Crippen LogP contribution is -2.25. The summed E-state index contributed by atoms with van der Waals surface area (Å²) in [6.45, 7) is 1.73. The number of halogens is 3. The van der Waals surface area contributed by atoms with Crippen LogP contribution in [-0.2, 0) is 11.8 Å². The number of rotatable bonds is 5. The number of hydrogen-bond donors (Lipinski definition) is 1. The number of aryl methyl sites for hydroxylation is 2. The van der Waals surface area contributed by atoms with Gasteiger partial charge in [0.25, 0.3) is 11.7 Å². The summed E-state index contributed by atoms with van der Waals surface area (Å²) in [5.74, 6) is -1.99. The van der Waals surface area contributed by atoms with Crippen LogP contribution in [0.25, 0.3) is 0 Å². The average molecular weight is 355 g/mol. The average Bonchev–Trinajstić information content (AvgIpc) is 2.77. The Morgan fingerprint density at radius 2 is 1.88 bits per heavy atom. The van der Waals surface area contributed by atoms with Crippen LogP contribution in [0.3, 0.4) is 0 Å². The number of anilines is 1. The van der Waals surface area contributed by atoms with Crippen molar-refractivity contribution in [2.45, 2.75) is 20.0 Å². The van der Waals surface area contributed by atoms with E-state index in [-0.39, 0.29) is 17.0 Å². The molecule has 2 rings (SSSR count). The minimum atomic E-state index is -4.52. The SMILES string of the molecule is Cc1nn(C)c(C)c1C(=O)C(=O)Nc1ccccc1OCC(F)(F)F. The van der Waals surface area contributed by atoms with E-state index in [1.165, 1.54) is 28.9 Å². The highest BCUT2D eigenvalue weighted by Gasteiger charge is 2.29. The molecule has 0 radical (unpaired) electrons. The summed E-state index contributed by atoms with van der Waals surface area (Å²) in [7, 11) is 1.64. The van der Waals surface area contributed by atoms with Gasteiger partial charge in [0.2, 0.25) is 0 Å². The van der Waals surface area contributed by atoms with Crippen molar-refractivity contribution in [2.24, 2.45) is 7.05 Å². The molecule has 9 heteroatoms. The van der Waals surface area contributed by atoms with Crippen molar-refractivity contribution in [3.63, 3.8) is 0 Å². The highest BCUT2D eigenvalue weighted by atomic mass is 19.4. The van der Waals surface area contributed by atoms with Gasteiger partial charge in [-0.2, -0.15) is 18.3 Å². The molecule has 1 heterocycles. The summed E-state index contributed by atoms with van der Waals surface area (Å²) in [6, 6.07) is 5.58. The van der Waals surface area contributed by atoms with Crippen molar-refractivity contribution in [3.05, 3.63) is 41.2 Å². The zero-order chi connectivity index (χ0) is 18.8. The second-order valence-corrected chi connectivity index (χ2v) is 5.35. The van der Waals surface area contributed by atoms with Crippen LogP contribution in [-0.4, -0.2) is 34.3 Å². The van der Waals surface area contributed by atoms with E-state index in [2.05, 4.69) is 15.2 Å². The van der Waals surface area contributed by atoms with Crippen LogP contribution in [0.5, 0.6) is 5.75 Å². The molecule has 0 saturated heterocycles. The van der Waals surface area contributed by atoms with Crippen molar-refractivity contribution < 1.29 is 27.5 Å². The molecule has 0 unspecified atom stereocenters. The van der Waals surface area contributed by atoms with Gasteiger partial charge in [0.15, 0.2) is 6.61 Å². The Kier molecular flexibility index (Phi) is 5.15. The molecule has 0 aliphatic heterocycles. The maximum atomic E-state index is 12.3. The normalized spacial score (nSPS) is 11.3. The minimum Gasteiger partial charge on any atom is -0.482 e. The molecule has 1 aromatic carbocycles. The Balaban J connectivity index is 2.19. The number of ketones is 1. The first-order chi connectivity index (χ1) is 11.6. The Morgan fingerprint density at radius 3 is 2.44 bits per heavy atom. The van der Waals surface area contributed by atoms with Crippen LogP contribution in [0.4, 0.5) is 18.9 Å². The lowest BCUT2D eigenvalue weighted by Gasteiger charge is -2.13. The predicted octanol–water partition coefficient (Wildman–Crippen LogP) is 2.80. The van der Waals surface area contributed by atoms with E-state index >= 15 is 0 Å². The van der Waals surface area contributed by atoms with E-state index < -0.39 is 24.5 Å². The highest BCUT2D eigenvalue weighted by molar-refractivity contribution is 6.47. The van der Waals surface area contributed by atoms with Crippen LogP contribution in [0, 0.1) is 13.8 Å². The Bertz CT molecular complexity index is 813. The third-order valence-electron chi connectivity index (χ3n) is 3.47. The Morgan fingerprint density at radius 1 is 1.24 bits per heavy atom. The number of para-hydroxylation sites is 2. The number of hydrogen-bond acceptors (Lipinski definition) is 4. The van der Waals surface area contributed by atoms with Gasteiger partial charge < -0.3 is 10.1 Å². The molecule has 0 aliphatic carbocycles. The standard InChI is InChI=1S/C16H16F3N3O3/c1-9-13(10(2)22(3)21-9)14(23)15(24)20-11-6-4-5-7-12(11)25-8-16(17,18)19/h4-7H,8H2,1-3H3,(H,20,24). The zero-order valence-corrected chi connectivity index (χ0v) is 13.8. The number of aromatic nitrogens is 2. The molecular formula is C16H16F3N3O3. The maximum Gasteiger partial charge on any atom is 0.422 e. The van der Waals surface area contributed by atoms with Crippen LogP contribution in [0.1, 0.15) is 21.7 Å². The molecule has 0 bridgehead atoms. The van der Waals surface area contributed by atoms with Crippen LogP contribution in [0.15, 0.2) is 24.3 Å². The van der Waals surface area contributed by atoms with E-state index in [0.717, 1.165) is 0 Å². The Hall–Kier alpha value is -2.84. The molecule has 25 heavy (non-hydrogen) atoms. The quantitative estimate of drug-likeness (QED) is 0.661. The molecule has 6 nitrogen and oxygen atoms in total. The topological polar surface area (TPSA) is 73.2 Å². The number of carbonyl (C=O) groups excluding carboxylic acids is 2. The molecule has 1 amide bonds. The maximum absolute atomic E-state index is 12.3. The van der Waals surface area contributed by atoms with Crippen LogP contribution in [0.2, 0.25) is 0 Å². The molecule has 0 saturated carbocycles. The molecule has 0 fully saturated rings. The number of carbonyl (C=O) groups is 2. The predicted molar refractivity (Wildman–Crippen MR) is 83.6 cm³/mol. The summed E-state index contributed by atoms with van der Waals surface area (Å²) in [5, 5.41) is 6.35. The van der Waals surface area contributed by atoms with Crippen LogP contribution < -0.4 is 10.1 Å². The van der Waals surface area contributed by atoms with Gasteiger partial charge >= 0.3 is 6.18 Å². The van der Waals surface area contributed by atoms with Gasteiger partial charge in [0, 0.05) is 12.7 Å². The number of ether oxygens (including phenoxy) is 1. The van der Waals surface area contributed by atoms with Crippen molar-refractivity contribution in [1.29, 1.82) is 0 Å². The smallest absolute Gasteiger partial charge is 0.422 e. The first-order valence-corrected chi connectivity index (χ1v) is 7.24. The summed E-state index contributed by atoms with van der Waals surface area (Å²) in [4.78, 5) is 24.6. The monoisotopic (exact) mass is 355 g/mol. The summed E-state index contributed by atoms with van der Waals surface area (Å²) in [5.41, 5.74) is 1.04. The first-order valence-electron chi connectivity index (χ1n) is 7.24. The second-order valence-electron chi connectivity index (χ2n) is 5.35. The second kappa shape index (κ2) is 6.96. The van der Waals surface area contributed by atoms with E-state index in [4.69, 9.17) is 0 Å². The van der Waals surface area contributed by atoms with Crippen molar-refractivity contribution in [1.82, 2.24) is 9.78 Å². The first kappa shape index (κ1) is 18.5. The Labute approximate surface area is 141 Å². The van der Waals surface area contributed by atoms with Crippen LogP contribution >= 0.6 is 0 Å². The van der Waals surface area contributed by atoms with Crippen molar-refractivity contribution >= 4 is 17.4 Å². The number of benzene rings is 1. The van der Waals surface area contributed by atoms with Gasteiger partial charge in [-0.05, 0) is 26.0 Å². The van der Waals surface area contributed by atoms with Gasteiger partial charge in [-0.25, -0.2) is 0 Å². The largest absolute Gasteiger partial charge is 0.482 e. The van der Waals surface area contributed by atoms with E-state index in [0.29, 0.717) is 11.4 Å². The highest BCUT2D eigenvalue weighted by Crippen LogP contribution is 2.26. The van der Waals surface area contributed by atoms with E-state index in [1.54, 1.807) is 20.9 Å². The van der Waals surface area contributed by atoms with Gasteiger partial charge in [-0.3, -0.25) is 14.3 Å². The number of nitrogens with zero attached hydrogens (tertiary/aromatic N) is 2. The fraction of sp³-hybridized carbons (Fsp3) is 0.312. The summed E-state index contributed by atoms with van der Waals surface area (Å²) < 4.78 is 43.0. The van der Waals surface area contributed by atoms with Crippen molar-refractivity contribution in [2.75, 3.05) is 11.9 Å². The van der Waals surface area contributed by atoms with E-state index in [1.807, 2.05) is 0 Å². The fourth-order valence-corrected chi connectivity index (χ4v) is 2.25. The molecule has 134 valence electrons. The number of alkyl halides is 3. The van der Waals surface area contributed by atoms with Gasteiger partial charge in [0.05, 0.1) is 16.9 Å². The van der Waals surface area contributed by atoms with Gasteiger partial charge in [-0.1, -0.05) is 12.1 Å². The molecule has 0 spiro atoms. The molecule has 0 aliphatic rings.